The van der Waals surface area contributed by atoms with Crippen molar-refractivity contribution in [2.45, 2.75) is 79.4 Å². The van der Waals surface area contributed by atoms with Gasteiger partial charge in [-0.15, -0.1) is 0 Å². The number of nitrogens with zero attached hydrogens (tertiary/aromatic N) is 2. The molecule has 0 aliphatic rings. The van der Waals surface area contributed by atoms with Crippen LogP contribution in [0.25, 0.3) is 0 Å². The van der Waals surface area contributed by atoms with Crippen molar-refractivity contribution < 1.29 is 18.0 Å². The normalized spacial score (nSPS) is 12.7. The molecule has 36 heavy (non-hydrogen) atoms. The highest BCUT2D eigenvalue weighted by Crippen LogP contribution is 2.24. The Bertz CT molecular complexity index is 1170. The fourth-order valence-electron chi connectivity index (χ4n) is 3.92. The van der Waals surface area contributed by atoms with E-state index in [0.29, 0.717) is 18.7 Å². The molecule has 7 nitrogen and oxygen atoms in total. The predicted molar refractivity (Wildman–Crippen MR) is 146 cm³/mol. The van der Waals surface area contributed by atoms with Gasteiger partial charge in [-0.1, -0.05) is 42.0 Å². The van der Waals surface area contributed by atoms with E-state index in [0.717, 1.165) is 22.3 Å². The van der Waals surface area contributed by atoms with E-state index in [1.54, 1.807) is 11.8 Å². The molecule has 2 rings (SSSR count). The maximum Gasteiger partial charge on any atom is 0.242 e. The van der Waals surface area contributed by atoms with Crippen molar-refractivity contribution in [3.63, 3.8) is 0 Å². The van der Waals surface area contributed by atoms with Gasteiger partial charge < -0.3 is 10.2 Å². The highest BCUT2D eigenvalue weighted by atomic mass is 32.2. The first-order chi connectivity index (χ1) is 16.6. The standard InChI is InChI=1S/C28H41N3O4S/c1-20-12-15-24(16-13-20)19-30(23(4)27(33)29-28(5,6)7)26(32)10-9-17-31(36(8,34)35)25-18-21(2)11-14-22(25)3/h11-16,18,23H,9-10,17,19H2,1-8H3,(H,29,33)/t23-/m0/s1. The number of aryl methyl sites for hydroxylation is 3. The third kappa shape index (κ3) is 8.66. The topological polar surface area (TPSA) is 86.8 Å². The van der Waals surface area contributed by atoms with Crippen LogP contribution in [0.15, 0.2) is 42.5 Å². The van der Waals surface area contributed by atoms with Gasteiger partial charge in [0.1, 0.15) is 6.04 Å². The number of hydrogen-bond donors (Lipinski definition) is 1. The molecule has 2 amide bonds. The Labute approximate surface area is 216 Å². The van der Waals surface area contributed by atoms with Crippen LogP contribution >= 0.6 is 0 Å². The number of rotatable bonds is 10. The first-order valence-corrected chi connectivity index (χ1v) is 14.2. The molecular weight excluding hydrogens is 474 g/mol. The lowest BCUT2D eigenvalue weighted by Gasteiger charge is -2.32. The van der Waals surface area contributed by atoms with Gasteiger partial charge in [0.05, 0.1) is 11.9 Å². The molecule has 0 bridgehead atoms. The van der Waals surface area contributed by atoms with E-state index in [9.17, 15) is 18.0 Å². The zero-order chi connectivity index (χ0) is 27.3. The Kier molecular flexibility index (Phi) is 9.71. The molecule has 0 heterocycles. The lowest BCUT2D eigenvalue weighted by molar-refractivity contribution is -0.141. The fraction of sp³-hybridized carbons (Fsp3) is 0.500. The van der Waals surface area contributed by atoms with Gasteiger partial charge in [0.25, 0.3) is 0 Å². The number of nitrogens with one attached hydrogen (secondary N) is 1. The number of hydrogen-bond acceptors (Lipinski definition) is 4. The van der Waals surface area contributed by atoms with E-state index in [4.69, 9.17) is 0 Å². The number of benzene rings is 2. The van der Waals surface area contributed by atoms with E-state index in [2.05, 4.69) is 5.32 Å². The Balaban J connectivity index is 2.22. The molecule has 0 saturated heterocycles. The fourth-order valence-corrected chi connectivity index (χ4v) is 4.93. The quantitative estimate of drug-likeness (QED) is 0.505. The second kappa shape index (κ2) is 11.9. The number of carbonyl (C=O) groups excluding carboxylic acids is 2. The molecule has 8 heteroatoms. The lowest BCUT2D eigenvalue weighted by atomic mass is 10.1. The molecule has 0 radical (unpaired) electrons. The first kappa shape index (κ1) is 29.4. The van der Waals surface area contributed by atoms with E-state index < -0.39 is 21.6 Å². The van der Waals surface area contributed by atoms with Gasteiger partial charge in [0, 0.05) is 25.0 Å². The average Bonchev–Trinajstić information content (AvgIpc) is 2.75. The molecule has 0 aromatic heterocycles. The van der Waals surface area contributed by atoms with Crippen LogP contribution in [0.3, 0.4) is 0 Å². The van der Waals surface area contributed by atoms with E-state index in [1.165, 1.54) is 10.6 Å². The van der Waals surface area contributed by atoms with Crippen molar-refractivity contribution in [1.82, 2.24) is 10.2 Å². The van der Waals surface area contributed by atoms with Crippen LogP contribution in [0, 0.1) is 20.8 Å². The van der Waals surface area contributed by atoms with Crippen molar-refractivity contribution >= 4 is 27.5 Å². The largest absolute Gasteiger partial charge is 0.350 e. The molecule has 1 atom stereocenters. The van der Waals surface area contributed by atoms with Crippen LogP contribution in [0.4, 0.5) is 5.69 Å². The van der Waals surface area contributed by atoms with Gasteiger partial charge in [-0.3, -0.25) is 13.9 Å². The van der Waals surface area contributed by atoms with Crippen LogP contribution in [0.5, 0.6) is 0 Å². The smallest absolute Gasteiger partial charge is 0.242 e. The van der Waals surface area contributed by atoms with Crippen molar-refractivity contribution in [2.75, 3.05) is 17.1 Å². The van der Waals surface area contributed by atoms with Crippen LogP contribution in [-0.4, -0.2) is 49.5 Å². The summed E-state index contributed by atoms with van der Waals surface area (Å²) in [6.07, 6.45) is 1.63. The van der Waals surface area contributed by atoms with Crippen LogP contribution in [0.2, 0.25) is 0 Å². The SMILES string of the molecule is Cc1ccc(CN(C(=O)CCCN(c2cc(C)ccc2C)S(C)(=O)=O)[C@@H](C)C(=O)NC(C)(C)C)cc1. The molecule has 2 aromatic carbocycles. The number of sulfonamides is 1. The minimum absolute atomic E-state index is 0.121. The van der Waals surface area contributed by atoms with E-state index >= 15 is 0 Å². The molecule has 0 spiro atoms. The molecule has 0 fully saturated rings. The lowest BCUT2D eigenvalue weighted by Crippen LogP contribution is -2.52. The first-order valence-electron chi connectivity index (χ1n) is 12.3. The van der Waals surface area contributed by atoms with Crippen molar-refractivity contribution in [3.8, 4) is 0 Å². The molecular formula is C28H41N3O4S. The van der Waals surface area contributed by atoms with E-state index in [-0.39, 0.29) is 24.8 Å². The number of anilines is 1. The minimum Gasteiger partial charge on any atom is -0.350 e. The maximum absolute atomic E-state index is 13.4. The van der Waals surface area contributed by atoms with E-state index in [1.807, 2.05) is 84.0 Å². The van der Waals surface area contributed by atoms with Gasteiger partial charge in [0.2, 0.25) is 21.8 Å². The minimum atomic E-state index is -3.53. The molecule has 0 saturated carbocycles. The third-order valence-electron chi connectivity index (χ3n) is 5.92. The Hall–Kier alpha value is -2.87. The Morgan fingerprint density at radius 3 is 2.11 bits per heavy atom. The van der Waals surface area contributed by atoms with Gasteiger partial charge in [-0.25, -0.2) is 8.42 Å². The van der Waals surface area contributed by atoms with Gasteiger partial charge >= 0.3 is 0 Å². The van der Waals surface area contributed by atoms with Gasteiger partial charge in [0.15, 0.2) is 0 Å². The summed E-state index contributed by atoms with van der Waals surface area (Å²) < 4.78 is 26.5. The summed E-state index contributed by atoms with van der Waals surface area (Å²) >= 11 is 0. The molecule has 0 aliphatic carbocycles. The van der Waals surface area contributed by atoms with Crippen molar-refractivity contribution in [1.29, 1.82) is 0 Å². The third-order valence-corrected chi connectivity index (χ3v) is 7.10. The predicted octanol–water partition coefficient (Wildman–Crippen LogP) is 4.49. The summed E-state index contributed by atoms with van der Waals surface area (Å²) in [6, 6.07) is 12.9. The highest BCUT2D eigenvalue weighted by Gasteiger charge is 2.28. The number of carbonyl (C=O) groups is 2. The Morgan fingerprint density at radius 1 is 0.972 bits per heavy atom. The van der Waals surface area contributed by atoms with Gasteiger partial charge in [-0.05, 0) is 77.6 Å². The summed E-state index contributed by atoms with van der Waals surface area (Å²) in [4.78, 5) is 27.9. The monoisotopic (exact) mass is 515 g/mol. The molecule has 1 N–H and O–H groups in total. The van der Waals surface area contributed by atoms with Crippen LogP contribution < -0.4 is 9.62 Å². The highest BCUT2D eigenvalue weighted by molar-refractivity contribution is 7.92. The number of amides is 2. The zero-order valence-electron chi connectivity index (χ0n) is 22.9. The second-order valence-electron chi connectivity index (χ2n) is 10.7. The van der Waals surface area contributed by atoms with Gasteiger partial charge in [-0.2, -0.15) is 0 Å². The summed E-state index contributed by atoms with van der Waals surface area (Å²) in [5, 5.41) is 2.96. The van der Waals surface area contributed by atoms with Crippen LogP contribution in [0.1, 0.15) is 62.8 Å². The summed E-state index contributed by atoms with van der Waals surface area (Å²) in [6.45, 7) is 13.7. The molecule has 198 valence electrons. The van der Waals surface area contributed by atoms with Crippen molar-refractivity contribution in [2.24, 2.45) is 0 Å². The second-order valence-corrected chi connectivity index (χ2v) is 12.6. The summed E-state index contributed by atoms with van der Waals surface area (Å²) in [5.74, 6) is -0.419. The van der Waals surface area contributed by atoms with Crippen LogP contribution in [-0.2, 0) is 26.2 Å². The zero-order valence-corrected chi connectivity index (χ0v) is 23.7. The molecule has 0 unspecified atom stereocenters. The summed E-state index contributed by atoms with van der Waals surface area (Å²) in [5.41, 5.74) is 4.06. The summed E-state index contributed by atoms with van der Waals surface area (Å²) in [7, 11) is -3.53. The molecule has 2 aromatic rings. The molecule has 0 aliphatic heterocycles. The maximum atomic E-state index is 13.4. The average molecular weight is 516 g/mol. The van der Waals surface area contributed by atoms with Crippen molar-refractivity contribution in [3.05, 3.63) is 64.7 Å². The Morgan fingerprint density at radius 2 is 1.56 bits per heavy atom.